The summed E-state index contributed by atoms with van der Waals surface area (Å²) in [5.74, 6) is -0.329. The van der Waals surface area contributed by atoms with Crippen LogP contribution in [-0.4, -0.2) is 11.6 Å². The van der Waals surface area contributed by atoms with Crippen LogP contribution >= 0.6 is 0 Å². The molecule has 1 fully saturated rings. The monoisotopic (exact) mass is 324 g/mol. The Bertz CT molecular complexity index is 738. The van der Waals surface area contributed by atoms with E-state index in [0.29, 0.717) is 0 Å². The van der Waals surface area contributed by atoms with Crippen LogP contribution < -0.4 is 0 Å². The van der Waals surface area contributed by atoms with E-state index >= 15 is 0 Å². The average Bonchev–Trinajstić information content (AvgIpc) is 3.24. The predicted octanol–water partition coefficient (Wildman–Crippen LogP) is 4.61. The van der Waals surface area contributed by atoms with Crippen LogP contribution in [-0.2, 0) is 19.9 Å². The van der Waals surface area contributed by atoms with E-state index in [1.54, 1.807) is 0 Å². The fourth-order valence-electron chi connectivity index (χ4n) is 2.84. The minimum absolute atomic E-state index is 0.310. The third kappa shape index (κ3) is 3.09. The van der Waals surface area contributed by atoms with Gasteiger partial charge in [0.15, 0.2) is 0 Å². The molecule has 126 valence electrons. The normalized spacial score (nSPS) is 23.0. The molecule has 1 saturated heterocycles. The van der Waals surface area contributed by atoms with Gasteiger partial charge in [-0.05, 0) is 45.7 Å². The summed E-state index contributed by atoms with van der Waals surface area (Å²) in [7, 11) is 0. The second-order valence-electron chi connectivity index (χ2n) is 7.51. The lowest BCUT2D eigenvalue weighted by Crippen LogP contribution is -2.33. The van der Waals surface area contributed by atoms with Gasteiger partial charge in [-0.25, -0.2) is 4.79 Å². The van der Waals surface area contributed by atoms with Gasteiger partial charge in [-0.2, -0.15) is 0 Å². The van der Waals surface area contributed by atoms with Gasteiger partial charge >= 0.3 is 5.97 Å². The molecule has 24 heavy (non-hydrogen) atoms. The summed E-state index contributed by atoms with van der Waals surface area (Å²) in [6.07, 6.45) is -0.310. The van der Waals surface area contributed by atoms with E-state index in [1.165, 1.54) is 5.56 Å². The zero-order valence-corrected chi connectivity index (χ0v) is 14.9. The first-order valence-electron chi connectivity index (χ1n) is 8.27. The van der Waals surface area contributed by atoms with Crippen LogP contribution in [0, 0.1) is 13.8 Å². The third-order valence-electron chi connectivity index (χ3n) is 4.18. The van der Waals surface area contributed by atoms with Gasteiger partial charge in [0.05, 0.1) is 0 Å². The Balaban J connectivity index is 1.98. The number of carbonyl (C=O) groups is 1. The van der Waals surface area contributed by atoms with Gasteiger partial charge < -0.3 is 9.47 Å². The number of carbonyl (C=O) groups excluding carboxylic acids is 1. The number of ether oxygens (including phenoxy) is 2. The fraction of sp³-hybridized carbons (Fsp3) is 0.381. The van der Waals surface area contributed by atoms with Crippen LogP contribution in [0.2, 0.25) is 0 Å². The molecule has 3 rings (SSSR count). The van der Waals surface area contributed by atoms with E-state index < -0.39 is 11.2 Å². The minimum atomic E-state index is -1.05. The summed E-state index contributed by atoms with van der Waals surface area (Å²) >= 11 is 0. The quantitative estimate of drug-likeness (QED) is 0.611. The number of epoxide rings is 1. The Labute approximate surface area is 143 Å². The predicted molar refractivity (Wildman–Crippen MR) is 93.7 cm³/mol. The van der Waals surface area contributed by atoms with E-state index in [-0.39, 0.29) is 12.1 Å². The van der Waals surface area contributed by atoms with Gasteiger partial charge in [0.25, 0.3) is 0 Å². The van der Waals surface area contributed by atoms with Gasteiger partial charge in [0.1, 0.15) is 11.7 Å². The Morgan fingerprint density at radius 3 is 1.96 bits per heavy atom. The summed E-state index contributed by atoms with van der Waals surface area (Å²) in [5.41, 5.74) is 2.55. The van der Waals surface area contributed by atoms with E-state index in [0.717, 1.165) is 16.7 Å². The largest absolute Gasteiger partial charge is 0.457 e. The topological polar surface area (TPSA) is 38.8 Å². The Morgan fingerprint density at radius 2 is 1.46 bits per heavy atom. The van der Waals surface area contributed by atoms with E-state index in [2.05, 4.69) is 0 Å². The van der Waals surface area contributed by atoms with Crippen molar-refractivity contribution in [1.29, 1.82) is 0 Å². The first-order valence-corrected chi connectivity index (χ1v) is 8.27. The molecule has 2 unspecified atom stereocenters. The molecule has 2 atom stereocenters. The number of rotatable bonds is 3. The van der Waals surface area contributed by atoms with Crippen LogP contribution in [0.15, 0.2) is 48.5 Å². The fourth-order valence-corrected chi connectivity index (χ4v) is 2.84. The summed E-state index contributed by atoms with van der Waals surface area (Å²) in [6, 6.07) is 16.0. The zero-order valence-electron chi connectivity index (χ0n) is 14.9. The van der Waals surface area contributed by atoms with Crippen molar-refractivity contribution in [3.63, 3.8) is 0 Å². The van der Waals surface area contributed by atoms with E-state index in [1.807, 2.05) is 83.1 Å². The van der Waals surface area contributed by atoms with Crippen LogP contribution in [0.4, 0.5) is 0 Å². The molecule has 0 spiro atoms. The molecule has 0 amide bonds. The molecular formula is C21H24O3. The Kier molecular flexibility index (Phi) is 4.00. The molecule has 1 aliphatic heterocycles. The molecule has 2 aromatic carbocycles. The minimum Gasteiger partial charge on any atom is -0.457 e. The highest BCUT2D eigenvalue weighted by molar-refractivity contribution is 5.86. The van der Waals surface area contributed by atoms with Crippen molar-refractivity contribution in [3.8, 4) is 0 Å². The SMILES string of the molecule is Cc1ccc(C2OC2(C(=O)OC(C)(C)C)c2ccc(C)cc2)cc1. The maximum atomic E-state index is 12.9. The molecule has 2 aromatic rings. The number of aryl methyl sites for hydroxylation is 2. The first kappa shape index (κ1) is 16.7. The molecule has 0 N–H and O–H groups in total. The molecule has 1 heterocycles. The van der Waals surface area contributed by atoms with Crippen LogP contribution in [0.5, 0.6) is 0 Å². The van der Waals surface area contributed by atoms with Crippen molar-refractivity contribution in [2.45, 2.75) is 51.9 Å². The molecule has 0 aromatic heterocycles. The molecular weight excluding hydrogens is 300 g/mol. The highest BCUT2D eigenvalue weighted by Crippen LogP contribution is 2.58. The molecule has 3 heteroatoms. The second-order valence-corrected chi connectivity index (χ2v) is 7.51. The standard InChI is InChI=1S/C21H24O3/c1-14-6-10-16(11-7-14)18-21(23-18,19(22)24-20(3,4)5)17-12-8-15(2)9-13-17/h6-13,18H,1-5H3. The average molecular weight is 324 g/mol. The number of hydrogen-bond acceptors (Lipinski definition) is 3. The summed E-state index contributed by atoms with van der Waals surface area (Å²) in [5, 5.41) is 0. The van der Waals surface area contributed by atoms with Crippen LogP contribution in [0.3, 0.4) is 0 Å². The second kappa shape index (κ2) is 5.75. The maximum Gasteiger partial charge on any atom is 0.346 e. The molecule has 1 aliphatic rings. The molecule has 3 nitrogen and oxygen atoms in total. The van der Waals surface area contributed by atoms with Gasteiger partial charge in [0.2, 0.25) is 5.60 Å². The van der Waals surface area contributed by atoms with Crippen molar-refractivity contribution < 1.29 is 14.3 Å². The highest BCUT2D eigenvalue weighted by atomic mass is 16.7. The molecule has 0 bridgehead atoms. The molecule has 0 radical (unpaired) electrons. The first-order chi connectivity index (χ1) is 11.2. The summed E-state index contributed by atoms with van der Waals surface area (Å²) in [6.45, 7) is 9.68. The van der Waals surface area contributed by atoms with Gasteiger partial charge in [-0.1, -0.05) is 59.7 Å². The lowest BCUT2D eigenvalue weighted by molar-refractivity contribution is -0.162. The summed E-state index contributed by atoms with van der Waals surface area (Å²) < 4.78 is 11.7. The van der Waals surface area contributed by atoms with E-state index in [9.17, 15) is 4.79 Å². The maximum absolute atomic E-state index is 12.9. The van der Waals surface area contributed by atoms with Crippen molar-refractivity contribution in [2.75, 3.05) is 0 Å². The van der Waals surface area contributed by atoms with Gasteiger partial charge in [-0.15, -0.1) is 0 Å². The van der Waals surface area contributed by atoms with Gasteiger partial charge in [0, 0.05) is 0 Å². The van der Waals surface area contributed by atoms with E-state index in [4.69, 9.17) is 9.47 Å². The van der Waals surface area contributed by atoms with Gasteiger partial charge in [-0.3, -0.25) is 0 Å². The van der Waals surface area contributed by atoms with Crippen molar-refractivity contribution in [3.05, 3.63) is 70.8 Å². The lowest BCUT2D eigenvalue weighted by Gasteiger charge is -2.23. The Morgan fingerprint density at radius 1 is 0.958 bits per heavy atom. The summed E-state index contributed by atoms with van der Waals surface area (Å²) in [4.78, 5) is 12.9. The number of benzene rings is 2. The smallest absolute Gasteiger partial charge is 0.346 e. The van der Waals surface area contributed by atoms with Crippen molar-refractivity contribution in [2.24, 2.45) is 0 Å². The molecule has 0 aliphatic carbocycles. The van der Waals surface area contributed by atoms with Crippen molar-refractivity contribution in [1.82, 2.24) is 0 Å². The van der Waals surface area contributed by atoms with Crippen molar-refractivity contribution >= 4 is 5.97 Å². The third-order valence-corrected chi connectivity index (χ3v) is 4.18. The molecule has 0 saturated carbocycles. The number of hydrogen-bond donors (Lipinski definition) is 0. The Hall–Kier alpha value is -2.13. The van der Waals surface area contributed by atoms with Crippen LogP contribution in [0.1, 0.15) is 49.1 Å². The van der Waals surface area contributed by atoms with Crippen LogP contribution in [0.25, 0.3) is 0 Å². The zero-order chi connectivity index (χ0) is 17.5. The lowest BCUT2D eigenvalue weighted by atomic mass is 9.90. The number of esters is 1. The highest BCUT2D eigenvalue weighted by Gasteiger charge is 2.66.